The third kappa shape index (κ3) is 2.05. The number of ether oxygens (including phenoxy) is 2. The van der Waals surface area contributed by atoms with Crippen molar-refractivity contribution >= 4 is 17.7 Å². The summed E-state index contributed by atoms with van der Waals surface area (Å²) in [6.45, 7) is 3.46. The van der Waals surface area contributed by atoms with E-state index in [1.165, 1.54) is 21.7 Å². The number of rotatable bonds is 3. The number of amides is 2. The molecule has 3 heterocycles. The molecule has 2 amide bonds. The summed E-state index contributed by atoms with van der Waals surface area (Å²) < 4.78 is 10.9. The third-order valence-electron chi connectivity index (χ3n) is 5.62. The summed E-state index contributed by atoms with van der Waals surface area (Å²) in [5.41, 5.74) is 3.54. The molecule has 3 aliphatic heterocycles. The molecular weight excluding hydrogens is 308 g/mol. The Morgan fingerprint density at radius 2 is 2.21 bits per heavy atom. The van der Waals surface area contributed by atoms with Gasteiger partial charge in [-0.2, -0.15) is 0 Å². The quantitative estimate of drug-likeness (QED) is 0.850. The number of benzene rings is 1. The van der Waals surface area contributed by atoms with Crippen molar-refractivity contribution in [3.63, 3.8) is 0 Å². The fraction of sp³-hybridized carbons (Fsp3) is 0.556. The van der Waals surface area contributed by atoms with Gasteiger partial charge in [-0.05, 0) is 30.9 Å². The Kier molecular flexibility index (Phi) is 3.53. The Labute approximate surface area is 141 Å². The number of imide groups is 1. The van der Waals surface area contributed by atoms with Gasteiger partial charge in [-0.15, -0.1) is 0 Å². The van der Waals surface area contributed by atoms with E-state index in [9.17, 15) is 9.59 Å². The predicted molar refractivity (Wildman–Crippen MR) is 87.9 cm³/mol. The molecule has 0 aliphatic carbocycles. The van der Waals surface area contributed by atoms with Crippen molar-refractivity contribution in [3.8, 4) is 0 Å². The Morgan fingerprint density at radius 1 is 1.38 bits per heavy atom. The zero-order chi connectivity index (χ0) is 16.9. The summed E-state index contributed by atoms with van der Waals surface area (Å²) in [7, 11) is 2.06. The largest absolute Gasteiger partial charge is 0.447 e. The Balaban J connectivity index is 1.61. The van der Waals surface area contributed by atoms with E-state index >= 15 is 0 Å². The van der Waals surface area contributed by atoms with Crippen molar-refractivity contribution < 1.29 is 19.1 Å². The van der Waals surface area contributed by atoms with Gasteiger partial charge in [-0.1, -0.05) is 18.2 Å². The second-order valence-electron chi connectivity index (χ2n) is 6.87. The second kappa shape index (κ2) is 5.48. The number of hydrogen-bond donors (Lipinski definition) is 0. The molecule has 1 aromatic carbocycles. The van der Waals surface area contributed by atoms with Gasteiger partial charge >= 0.3 is 6.09 Å². The van der Waals surface area contributed by atoms with E-state index in [1.54, 1.807) is 0 Å². The van der Waals surface area contributed by atoms with Gasteiger partial charge in [0.1, 0.15) is 12.8 Å². The molecule has 2 fully saturated rings. The van der Waals surface area contributed by atoms with E-state index in [0.29, 0.717) is 32.6 Å². The zero-order valence-corrected chi connectivity index (χ0v) is 14.1. The number of para-hydroxylation sites is 1. The van der Waals surface area contributed by atoms with E-state index in [1.807, 2.05) is 0 Å². The van der Waals surface area contributed by atoms with Gasteiger partial charge in [0, 0.05) is 24.6 Å². The molecule has 0 saturated carbocycles. The Bertz CT molecular complexity index is 704. The maximum absolute atomic E-state index is 12.4. The number of aryl methyl sites for hydroxylation is 1. The highest BCUT2D eigenvalue weighted by Crippen LogP contribution is 2.53. The van der Waals surface area contributed by atoms with Crippen LogP contribution in [0.5, 0.6) is 0 Å². The second-order valence-corrected chi connectivity index (χ2v) is 6.87. The van der Waals surface area contributed by atoms with E-state index in [2.05, 4.69) is 37.1 Å². The lowest BCUT2D eigenvalue weighted by molar-refractivity contribution is -0.128. The van der Waals surface area contributed by atoms with Gasteiger partial charge in [0.05, 0.1) is 13.2 Å². The lowest BCUT2D eigenvalue weighted by Crippen LogP contribution is -2.41. The molecule has 6 heteroatoms. The molecule has 2 atom stereocenters. The molecule has 2 saturated heterocycles. The average Bonchev–Trinajstić information content (AvgIpc) is 3.23. The van der Waals surface area contributed by atoms with Crippen LogP contribution in [0.15, 0.2) is 18.2 Å². The first-order valence-electron chi connectivity index (χ1n) is 8.46. The minimum absolute atomic E-state index is 0.0353. The van der Waals surface area contributed by atoms with Crippen molar-refractivity contribution in [2.45, 2.75) is 37.8 Å². The number of likely N-dealkylation sites (N-methyl/N-ethyl adjacent to an activating group) is 1. The van der Waals surface area contributed by atoms with Crippen LogP contribution < -0.4 is 4.90 Å². The molecule has 128 valence electrons. The van der Waals surface area contributed by atoms with Crippen molar-refractivity contribution in [2.24, 2.45) is 0 Å². The molecule has 0 aromatic heterocycles. The molecule has 4 rings (SSSR count). The molecular formula is C18H22N2O4. The monoisotopic (exact) mass is 330 g/mol. The summed E-state index contributed by atoms with van der Waals surface area (Å²) in [5.74, 6) is -0.152. The van der Waals surface area contributed by atoms with E-state index in [0.717, 1.165) is 6.42 Å². The fourth-order valence-corrected chi connectivity index (χ4v) is 4.50. The van der Waals surface area contributed by atoms with Gasteiger partial charge in [0.2, 0.25) is 5.91 Å². The minimum Gasteiger partial charge on any atom is -0.447 e. The summed E-state index contributed by atoms with van der Waals surface area (Å²) in [5, 5.41) is 0. The van der Waals surface area contributed by atoms with Crippen molar-refractivity contribution in [2.75, 3.05) is 31.7 Å². The number of fused-ring (bicyclic) bond motifs is 3. The highest BCUT2D eigenvalue weighted by atomic mass is 16.6. The van der Waals surface area contributed by atoms with Crippen molar-refractivity contribution in [1.29, 1.82) is 0 Å². The van der Waals surface area contributed by atoms with Crippen LogP contribution in [0.3, 0.4) is 0 Å². The van der Waals surface area contributed by atoms with Crippen LogP contribution in [0.25, 0.3) is 0 Å². The van der Waals surface area contributed by atoms with Gasteiger partial charge in [-0.25, -0.2) is 9.69 Å². The molecule has 2 unspecified atom stereocenters. The number of nitrogens with zero attached hydrogens (tertiary/aromatic N) is 2. The zero-order valence-electron chi connectivity index (χ0n) is 14.1. The van der Waals surface area contributed by atoms with Crippen molar-refractivity contribution in [3.05, 3.63) is 29.3 Å². The smallest absolute Gasteiger partial charge is 0.416 e. The van der Waals surface area contributed by atoms with Crippen LogP contribution in [0.4, 0.5) is 10.5 Å². The van der Waals surface area contributed by atoms with Crippen LogP contribution in [-0.4, -0.2) is 49.9 Å². The van der Waals surface area contributed by atoms with E-state index < -0.39 is 6.09 Å². The van der Waals surface area contributed by atoms with Crippen LogP contribution >= 0.6 is 0 Å². The standard InChI is InChI=1S/C18H22N2O4/c1-12-4-3-5-13-15(12)19(2)16-18(13,8-10-23-16)7-6-14(21)20-9-11-24-17(20)22/h3-5,16H,6-11H2,1-2H3. The molecule has 3 aliphatic rings. The first-order valence-corrected chi connectivity index (χ1v) is 8.46. The first kappa shape index (κ1) is 15.4. The number of cyclic esters (lactones) is 1. The normalized spacial score (nSPS) is 28.1. The molecule has 0 bridgehead atoms. The van der Waals surface area contributed by atoms with E-state index in [4.69, 9.17) is 9.47 Å². The first-order chi connectivity index (χ1) is 11.5. The highest BCUT2D eigenvalue weighted by molar-refractivity contribution is 5.93. The van der Waals surface area contributed by atoms with Gasteiger partial charge in [0.15, 0.2) is 0 Å². The number of anilines is 1. The molecule has 0 N–H and O–H groups in total. The third-order valence-corrected chi connectivity index (χ3v) is 5.62. The number of carbonyl (C=O) groups excluding carboxylic acids is 2. The Hall–Kier alpha value is -2.08. The minimum atomic E-state index is -0.517. The van der Waals surface area contributed by atoms with Gasteiger partial charge in [0.25, 0.3) is 0 Å². The molecule has 0 spiro atoms. The van der Waals surface area contributed by atoms with E-state index in [-0.39, 0.29) is 17.6 Å². The summed E-state index contributed by atoms with van der Waals surface area (Å²) in [4.78, 5) is 27.4. The van der Waals surface area contributed by atoms with Gasteiger partial charge in [-0.3, -0.25) is 4.79 Å². The summed E-state index contributed by atoms with van der Waals surface area (Å²) in [6.07, 6.45) is 1.36. The lowest BCUT2D eigenvalue weighted by atomic mass is 9.75. The highest BCUT2D eigenvalue weighted by Gasteiger charge is 2.54. The lowest BCUT2D eigenvalue weighted by Gasteiger charge is -2.30. The molecule has 24 heavy (non-hydrogen) atoms. The average molecular weight is 330 g/mol. The maximum atomic E-state index is 12.4. The van der Waals surface area contributed by atoms with Crippen LogP contribution in [-0.2, 0) is 19.7 Å². The van der Waals surface area contributed by atoms with Crippen LogP contribution in [0.1, 0.15) is 30.4 Å². The fourth-order valence-electron chi connectivity index (χ4n) is 4.50. The Morgan fingerprint density at radius 3 is 2.96 bits per heavy atom. The predicted octanol–water partition coefficient (Wildman–Crippen LogP) is 2.19. The van der Waals surface area contributed by atoms with Gasteiger partial charge < -0.3 is 14.4 Å². The van der Waals surface area contributed by atoms with Crippen LogP contribution in [0, 0.1) is 6.92 Å². The number of carbonyl (C=O) groups is 2. The van der Waals surface area contributed by atoms with Crippen LogP contribution in [0.2, 0.25) is 0 Å². The summed E-state index contributed by atoms with van der Waals surface area (Å²) >= 11 is 0. The molecule has 0 radical (unpaired) electrons. The summed E-state index contributed by atoms with van der Waals surface area (Å²) in [6, 6.07) is 6.34. The molecule has 1 aromatic rings. The topological polar surface area (TPSA) is 59.1 Å². The SMILES string of the molecule is Cc1cccc2c1N(C)C1OCCC21CCC(=O)N1CCOC1=O. The van der Waals surface area contributed by atoms with Crippen molar-refractivity contribution in [1.82, 2.24) is 4.90 Å². The molecule has 6 nitrogen and oxygen atoms in total. The number of hydrogen-bond acceptors (Lipinski definition) is 5. The maximum Gasteiger partial charge on any atom is 0.416 e.